The van der Waals surface area contributed by atoms with Gasteiger partial charge in [-0.25, -0.2) is 0 Å². The third kappa shape index (κ3) is 16.5. The molecular formula is C31H66ClN. The molecule has 0 saturated carbocycles. The summed E-state index contributed by atoms with van der Waals surface area (Å²) in [5.41, 5.74) is 0. The normalized spacial score (nSPS) is 12.8. The molecule has 202 valence electrons. The zero-order valence-electron chi connectivity index (χ0n) is 24.2. The maximum atomic E-state index is 2.57. The lowest BCUT2D eigenvalue weighted by atomic mass is 9.95. The predicted octanol–water partition coefficient (Wildman–Crippen LogP) is 7.86. The van der Waals surface area contributed by atoms with Crippen molar-refractivity contribution in [3.63, 3.8) is 0 Å². The maximum Gasteiger partial charge on any atom is 0.0891 e. The summed E-state index contributed by atoms with van der Waals surface area (Å²) in [7, 11) is 0. The highest BCUT2D eigenvalue weighted by atomic mass is 35.5. The van der Waals surface area contributed by atoms with E-state index in [1.54, 1.807) is 0 Å². The Morgan fingerprint density at radius 2 is 0.758 bits per heavy atom. The molecule has 0 aromatic heterocycles. The number of rotatable bonds is 25. The van der Waals surface area contributed by atoms with Gasteiger partial charge in [-0.3, -0.25) is 0 Å². The second-order valence-electron chi connectivity index (χ2n) is 10.9. The molecule has 0 N–H and O–H groups in total. The van der Waals surface area contributed by atoms with E-state index in [0.717, 1.165) is 12.1 Å². The van der Waals surface area contributed by atoms with Gasteiger partial charge in [-0.05, 0) is 46.5 Å². The highest BCUT2D eigenvalue weighted by Crippen LogP contribution is 2.29. The van der Waals surface area contributed by atoms with E-state index in [9.17, 15) is 0 Å². The van der Waals surface area contributed by atoms with Gasteiger partial charge < -0.3 is 16.9 Å². The van der Waals surface area contributed by atoms with Gasteiger partial charge in [0.05, 0.1) is 25.2 Å². The second-order valence-corrected chi connectivity index (χ2v) is 10.9. The van der Waals surface area contributed by atoms with E-state index in [-0.39, 0.29) is 12.4 Å². The van der Waals surface area contributed by atoms with Crippen LogP contribution < -0.4 is 12.4 Å². The van der Waals surface area contributed by atoms with Crippen molar-refractivity contribution in [2.75, 3.05) is 13.1 Å². The van der Waals surface area contributed by atoms with Gasteiger partial charge in [-0.2, -0.15) is 0 Å². The van der Waals surface area contributed by atoms with Crippen LogP contribution in [0.1, 0.15) is 176 Å². The molecule has 0 aromatic rings. The second kappa shape index (κ2) is 25.3. The first-order valence-corrected chi connectivity index (χ1v) is 15.5. The minimum atomic E-state index is 0. The van der Waals surface area contributed by atoms with E-state index in [1.807, 2.05) is 0 Å². The molecule has 0 aliphatic heterocycles. The Balaban J connectivity index is 0. The summed E-state index contributed by atoms with van der Waals surface area (Å²) in [5.74, 6) is 0. The third-order valence-electron chi connectivity index (χ3n) is 8.50. The van der Waals surface area contributed by atoms with Gasteiger partial charge in [0.25, 0.3) is 0 Å². The molecule has 0 saturated heterocycles. The Bertz CT molecular complexity index is 360. The molecule has 0 rings (SSSR count). The van der Waals surface area contributed by atoms with Crippen molar-refractivity contribution in [1.82, 2.24) is 0 Å². The zero-order chi connectivity index (χ0) is 23.9. The minimum absolute atomic E-state index is 0. The van der Waals surface area contributed by atoms with Gasteiger partial charge in [-0.1, -0.05) is 130 Å². The van der Waals surface area contributed by atoms with E-state index in [2.05, 4.69) is 41.5 Å². The average molecular weight is 488 g/mol. The molecule has 1 unspecified atom stereocenters. The van der Waals surface area contributed by atoms with Crippen LogP contribution in [0.25, 0.3) is 0 Å². The van der Waals surface area contributed by atoms with Crippen LogP contribution in [-0.4, -0.2) is 29.7 Å². The Hall–Kier alpha value is 0.250. The van der Waals surface area contributed by atoms with E-state index >= 15 is 0 Å². The van der Waals surface area contributed by atoms with Crippen LogP contribution in [0.4, 0.5) is 0 Å². The quantitative estimate of drug-likeness (QED) is 0.0907. The number of hydrogen-bond donors (Lipinski definition) is 0. The standard InChI is InChI=1S/C31H66N.ClH/c1-7-12-13-14-15-16-17-18-19-20-21-22-23-24-25-26-29-30(6)32(10-4,11-5)31(27-8-2)28-9-3;/h30-31H,7-29H2,1-6H3;1H/q+1;/p-1. The van der Waals surface area contributed by atoms with E-state index < -0.39 is 0 Å². The Kier molecular flexibility index (Phi) is 27.2. The molecule has 0 bridgehead atoms. The number of nitrogens with zero attached hydrogens (tertiary/aromatic N) is 1. The minimum Gasteiger partial charge on any atom is -1.00 e. The first-order valence-electron chi connectivity index (χ1n) is 15.5. The molecule has 0 heterocycles. The van der Waals surface area contributed by atoms with Gasteiger partial charge in [0.1, 0.15) is 0 Å². The lowest BCUT2D eigenvalue weighted by Gasteiger charge is -2.48. The molecule has 0 aliphatic carbocycles. The number of hydrogen-bond acceptors (Lipinski definition) is 0. The molecule has 0 aromatic carbocycles. The van der Waals surface area contributed by atoms with E-state index in [0.29, 0.717) is 0 Å². The Morgan fingerprint density at radius 1 is 0.424 bits per heavy atom. The average Bonchev–Trinajstić information content (AvgIpc) is 2.80. The topological polar surface area (TPSA) is 0 Å². The maximum absolute atomic E-state index is 2.57. The van der Waals surface area contributed by atoms with Crippen molar-refractivity contribution in [3.05, 3.63) is 0 Å². The zero-order valence-corrected chi connectivity index (χ0v) is 25.0. The van der Waals surface area contributed by atoms with Crippen LogP contribution in [0.15, 0.2) is 0 Å². The molecule has 0 spiro atoms. The molecule has 33 heavy (non-hydrogen) atoms. The van der Waals surface area contributed by atoms with Crippen LogP contribution in [0.5, 0.6) is 0 Å². The number of quaternary nitrogens is 1. The summed E-state index contributed by atoms with van der Waals surface area (Å²) in [5, 5.41) is 0. The van der Waals surface area contributed by atoms with Crippen LogP contribution in [0.3, 0.4) is 0 Å². The summed E-state index contributed by atoms with van der Waals surface area (Å²) in [4.78, 5) is 0. The fraction of sp³-hybridized carbons (Fsp3) is 1.00. The number of unbranched alkanes of at least 4 members (excludes halogenated alkanes) is 15. The Labute approximate surface area is 218 Å². The first kappa shape index (κ1) is 35.4. The summed E-state index contributed by atoms with van der Waals surface area (Å²) >= 11 is 0. The summed E-state index contributed by atoms with van der Waals surface area (Å²) in [6.07, 6.45) is 30.4. The lowest BCUT2D eigenvalue weighted by molar-refractivity contribution is -0.970. The van der Waals surface area contributed by atoms with Gasteiger partial charge in [0.15, 0.2) is 0 Å². The highest BCUT2D eigenvalue weighted by Gasteiger charge is 2.37. The van der Waals surface area contributed by atoms with E-state index in [4.69, 9.17) is 0 Å². The van der Waals surface area contributed by atoms with Crippen LogP contribution in [0, 0.1) is 0 Å². The van der Waals surface area contributed by atoms with Crippen LogP contribution in [0.2, 0.25) is 0 Å². The van der Waals surface area contributed by atoms with Crippen molar-refractivity contribution >= 4 is 0 Å². The summed E-state index contributed by atoms with van der Waals surface area (Å²) in [6, 6.07) is 1.72. The Morgan fingerprint density at radius 3 is 1.06 bits per heavy atom. The highest BCUT2D eigenvalue weighted by molar-refractivity contribution is 4.65. The monoisotopic (exact) mass is 487 g/mol. The predicted molar refractivity (Wildman–Crippen MR) is 149 cm³/mol. The molecule has 2 heteroatoms. The van der Waals surface area contributed by atoms with E-state index in [1.165, 1.54) is 152 Å². The SMILES string of the molecule is CCCCCCCCCCCCCCCCCCC(C)[N+](CC)(CC)C(CCC)CCC.[Cl-]. The van der Waals surface area contributed by atoms with Crippen LogP contribution in [-0.2, 0) is 0 Å². The smallest absolute Gasteiger partial charge is 0.0891 e. The van der Waals surface area contributed by atoms with Crippen LogP contribution >= 0.6 is 0 Å². The summed E-state index contributed by atoms with van der Waals surface area (Å²) in [6.45, 7) is 17.2. The lowest BCUT2D eigenvalue weighted by Crippen LogP contribution is -3.00. The fourth-order valence-electron chi connectivity index (χ4n) is 6.29. The molecule has 1 atom stereocenters. The van der Waals surface area contributed by atoms with Crippen molar-refractivity contribution in [1.29, 1.82) is 0 Å². The van der Waals surface area contributed by atoms with Gasteiger partial charge in [-0.15, -0.1) is 0 Å². The van der Waals surface area contributed by atoms with Crippen molar-refractivity contribution in [2.45, 2.75) is 188 Å². The molecule has 0 amide bonds. The molecule has 0 aliphatic rings. The largest absolute Gasteiger partial charge is 1.00 e. The van der Waals surface area contributed by atoms with Crippen molar-refractivity contribution in [3.8, 4) is 0 Å². The van der Waals surface area contributed by atoms with Gasteiger partial charge in [0.2, 0.25) is 0 Å². The first-order chi connectivity index (χ1) is 15.6. The fourth-order valence-corrected chi connectivity index (χ4v) is 6.29. The van der Waals surface area contributed by atoms with Gasteiger partial charge in [0, 0.05) is 0 Å². The molecule has 0 fully saturated rings. The van der Waals surface area contributed by atoms with Crippen molar-refractivity contribution in [2.24, 2.45) is 0 Å². The van der Waals surface area contributed by atoms with Gasteiger partial charge >= 0.3 is 0 Å². The van der Waals surface area contributed by atoms with Crippen molar-refractivity contribution < 1.29 is 16.9 Å². The third-order valence-corrected chi connectivity index (χ3v) is 8.50. The summed E-state index contributed by atoms with van der Waals surface area (Å²) < 4.78 is 1.38. The molecule has 0 radical (unpaired) electrons. The molecule has 1 nitrogen and oxygen atoms in total. The molecular weight excluding hydrogens is 422 g/mol. The number of halogens is 1.